The van der Waals surface area contributed by atoms with Crippen LogP contribution in [0.3, 0.4) is 0 Å². The maximum atomic E-state index is 5.34. The molecule has 2 nitrogen and oxygen atoms in total. The second-order valence-corrected chi connectivity index (χ2v) is 4.12. The van der Waals surface area contributed by atoms with E-state index in [0.29, 0.717) is 0 Å². The van der Waals surface area contributed by atoms with E-state index in [2.05, 4.69) is 11.2 Å². The van der Waals surface area contributed by atoms with Gasteiger partial charge in [-0.1, -0.05) is 59.8 Å². The summed E-state index contributed by atoms with van der Waals surface area (Å²) in [6.07, 6.45) is 0. The number of rotatable bonds is 2. The van der Waals surface area contributed by atoms with Gasteiger partial charge in [-0.25, -0.2) is 0 Å². The molecule has 2 aromatic carbocycles. The first-order chi connectivity index (χ1) is 8.86. The minimum atomic E-state index is 0. The van der Waals surface area contributed by atoms with Gasteiger partial charge in [0.25, 0.3) is 0 Å². The first-order valence-electron chi connectivity index (χ1n) is 5.84. The van der Waals surface area contributed by atoms with E-state index < -0.39 is 0 Å². The first kappa shape index (κ1) is 14.1. The van der Waals surface area contributed by atoms with E-state index in [1.54, 1.807) is 0 Å². The van der Waals surface area contributed by atoms with Crippen LogP contribution >= 0.6 is 0 Å². The molecule has 0 spiro atoms. The van der Waals surface area contributed by atoms with Gasteiger partial charge in [0.2, 0.25) is 0 Å². The number of nitrogens with zero attached hydrogens (tertiary/aromatic N) is 1. The quantitative estimate of drug-likeness (QED) is 0.658. The van der Waals surface area contributed by atoms with E-state index >= 15 is 0 Å². The van der Waals surface area contributed by atoms with E-state index in [9.17, 15) is 0 Å². The van der Waals surface area contributed by atoms with Gasteiger partial charge < -0.3 is 4.52 Å². The molecule has 0 fully saturated rings. The fourth-order valence-corrected chi connectivity index (χ4v) is 2.06. The third-order valence-corrected chi connectivity index (χ3v) is 2.92. The van der Waals surface area contributed by atoms with Crippen LogP contribution in [0.4, 0.5) is 0 Å². The maximum absolute atomic E-state index is 5.34. The molecule has 0 aliphatic carbocycles. The topological polar surface area (TPSA) is 26.0 Å². The van der Waals surface area contributed by atoms with Crippen molar-refractivity contribution in [1.82, 2.24) is 5.16 Å². The molecule has 19 heavy (non-hydrogen) atoms. The molecule has 3 rings (SSSR count). The van der Waals surface area contributed by atoms with Crippen LogP contribution in [0, 0.1) is 13.0 Å². The summed E-state index contributed by atoms with van der Waals surface area (Å²) in [6, 6.07) is 20.9. The summed E-state index contributed by atoms with van der Waals surface area (Å²) in [5, 5.41) is 4.18. The Bertz CT molecular complexity index is 647. The predicted molar refractivity (Wildman–Crippen MR) is 78.1 cm³/mol. The van der Waals surface area contributed by atoms with Gasteiger partial charge in [-0.15, -0.1) is 0 Å². The molecule has 89 valence electrons. The number of hydrogen-bond acceptors (Lipinski definition) is 2. The Balaban J connectivity index is 0.00000133. The van der Waals surface area contributed by atoms with Crippen molar-refractivity contribution in [2.24, 2.45) is 0 Å². The molecule has 3 aromatic rings. The molecular weight excluding hydrogens is 245 g/mol. The fraction of sp³-hybridized carbons (Fsp3) is 0.0625. The van der Waals surface area contributed by atoms with Gasteiger partial charge in [-0.3, -0.25) is 0 Å². The van der Waals surface area contributed by atoms with Crippen molar-refractivity contribution >= 4 is 29.6 Å². The van der Waals surface area contributed by atoms with Crippen molar-refractivity contribution in [1.29, 1.82) is 0 Å². The summed E-state index contributed by atoms with van der Waals surface area (Å²) in [5.74, 6) is 0.833. The molecule has 0 aliphatic rings. The fourth-order valence-electron chi connectivity index (χ4n) is 2.06. The molecule has 0 atom stereocenters. The zero-order valence-corrected chi connectivity index (χ0v) is 10.1. The molecule has 0 N–H and O–H groups in total. The first-order valence-corrected chi connectivity index (χ1v) is 5.84. The molecule has 0 saturated heterocycles. The molecule has 3 heteroatoms. The van der Waals surface area contributed by atoms with Crippen molar-refractivity contribution in [3.63, 3.8) is 0 Å². The van der Waals surface area contributed by atoms with Crippen molar-refractivity contribution in [3.05, 3.63) is 66.4 Å². The van der Waals surface area contributed by atoms with Crippen molar-refractivity contribution < 1.29 is 4.52 Å². The van der Waals surface area contributed by atoms with Crippen LogP contribution in [0.15, 0.2) is 59.1 Å². The van der Waals surface area contributed by atoms with Crippen molar-refractivity contribution in [2.75, 3.05) is 0 Å². The molecule has 1 heterocycles. The second-order valence-electron chi connectivity index (χ2n) is 4.12. The molecule has 0 aliphatic heterocycles. The zero-order valence-electron chi connectivity index (χ0n) is 10.1. The molecule has 0 bridgehead atoms. The van der Waals surface area contributed by atoms with Crippen molar-refractivity contribution in [2.45, 2.75) is 6.92 Å². The van der Waals surface area contributed by atoms with Gasteiger partial charge in [-0.05, 0) is 18.6 Å². The van der Waals surface area contributed by atoms with Crippen molar-refractivity contribution in [3.8, 4) is 22.4 Å². The monoisotopic (exact) mass is 258 g/mol. The predicted octanol–water partition coefficient (Wildman–Crippen LogP) is 3.47. The summed E-state index contributed by atoms with van der Waals surface area (Å²) in [6.45, 7) is 1.94. The van der Waals surface area contributed by atoms with Crippen LogP contribution in [-0.4, -0.2) is 34.7 Å². The van der Waals surface area contributed by atoms with Gasteiger partial charge in [0.1, 0.15) is 11.5 Å². The standard InChI is InChI=1S/C16H12NO.Na.H/c1-12-15(13-8-4-2-5-9-13)16(17-18-12)14-10-6-3-7-11-14;;/h3-11H,1H3;;. The number of benzene rings is 2. The number of aromatic nitrogens is 1. The van der Waals surface area contributed by atoms with E-state index in [0.717, 1.165) is 28.1 Å². The molecule has 0 unspecified atom stereocenters. The number of hydrogen-bond donors (Lipinski definition) is 0. The SMILES string of the molecule is Cc1onc(-c2ccccc2)c1-c1cc[c]cc1.[NaH]. The van der Waals surface area contributed by atoms with Gasteiger partial charge in [0.05, 0.1) is 5.56 Å². The summed E-state index contributed by atoms with van der Waals surface area (Å²) in [7, 11) is 0. The normalized spacial score (nSPS) is 9.95. The van der Waals surface area contributed by atoms with E-state index in [1.165, 1.54) is 0 Å². The molecular formula is C16H13NNaO. The Morgan fingerprint density at radius 1 is 0.947 bits per heavy atom. The molecule has 1 radical (unpaired) electrons. The minimum absolute atomic E-state index is 0. The van der Waals surface area contributed by atoms with Crippen LogP contribution in [0.2, 0.25) is 0 Å². The van der Waals surface area contributed by atoms with Crippen LogP contribution in [-0.2, 0) is 0 Å². The molecule has 1 aromatic heterocycles. The van der Waals surface area contributed by atoms with Crippen LogP contribution in [0.1, 0.15) is 5.76 Å². The summed E-state index contributed by atoms with van der Waals surface area (Å²) in [5.41, 5.74) is 4.11. The summed E-state index contributed by atoms with van der Waals surface area (Å²) in [4.78, 5) is 0. The van der Waals surface area contributed by atoms with Crippen LogP contribution < -0.4 is 0 Å². The summed E-state index contributed by atoms with van der Waals surface area (Å²) < 4.78 is 5.34. The average molecular weight is 258 g/mol. The molecule has 0 amide bonds. The third-order valence-electron chi connectivity index (χ3n) is 2.92. The van der Waals surface area contributed by atoms with E-state index in [-0.39, 0.29) is 29.6 Å². The van der Waals surface area contributed by atoms with Gasteiger partial charge in [0, 0.05) is 5.56 Å². The van der Waals surface area contributed by atoms with Gasteiger partial charge in [0.15, 0.2) is 0 Å². The Hall–Kier alpha value is -1.35. The third kappa shape index (κ3) is 2.81. The van der Waals surface area contributed by atoms with Gasteiger partial charge in [-0.2, -0.15) is 0 Å². The Morgan fingerprint density at radius 3 is 2.32 bits per heavy atom. The Labute approximate surface area is 134 Å². The molecule has 0 saturated carbocycles. The van der Waals surface area contributed by atoms with Gasteiger partial charge >= 0.3 is 29.6 Å². The summed E-state index contributed by atoms with van der Waals surface area (Å²) >= 11 is 0. The van der Waals surface area contributed by atoms with Crippen LogP contribution in [0.5, 0.6) is 0 Å². The van der Waals surface area contributed by atoms with E-state index in [1.807, 2.05) is 61.5 Å². The zero-order chi connectivity index (χ0) is 12.4. The number of aryl methyl sites for hydroxylation is 1. The van der Waals surface area contributed by atoms with E-state index in [4.69, 9.17) is 4.52 Å². The Kier molecular flexibility index (Phi) is 4.59. The Morgan fingerprint density at radius 2 is 1.63 bits per heavy atom. The van der Waals surface area contributed by atoms with Crippen LogP contribution in [0.25, 0.3) is 22.4 Å². The second kappa shape index (κ2) is 6.20. The average Bonchev–Trinajstić information content (AvgIpc) is 2.83.